The quantitative estimate of drug-likeness (QED) is 0.659. The molecule has 1 aromatic carbocycles. The van der Waals surface area contributed by atoms with Gasteiger partial charge in [0.15, 0.2) is 0 Å². The molecular weight excluding hydrogens is 180 g/mol. The Balaban J connectivity index is 2.52. The molecule has 0 aromatic heterocycles. The minimum atomic E-state index is 0.164. The molecule has 1 aliphatic heterocycles. The van der Waals surface area contributed by atoms with Crippen LogP contribution in [0, 0.1) is 0 Å². The largest absolute Gasteiger partial charge is 0.510 e. The monoisotopic (exact) mass is 188 g/mol. The van der Waals surface area contributed by atoms with Gasteiger partial charge in [0.1, 0.15) is 5.76 Å². The van der Waals surface area contributed by atoms with E-state index in [1.165, 1.54) is 10.8 Å². The lowest BCUT2D eigenvalue weighted by Crippen LogP contribution is -2.23. The number of allylic oxidation sites excluding steroid dienone is 1. The highest BCUT2D eigenvalue weighted by atomic mass is 32.2. The van der Waals surface area contributed by atoms with Crippen LogP contribution in [0.25, 0.3) is 11.3 Å². The van der Waals surface area contributed by atoms with Gasteiger partial charge in [-0.05, 0) is 16.2 Å². The lowest BCUT2D eigenvalue weighted by atomic mass is 10.2. The zero-order chi connectivity index (χ0) is 8.84. The van der Waals surface area contributed by atoms with E-state index in [0.717, 1.165) is 5.22 Å². The Morgan fingerprint density at radius 3 is 2.77 bits per heavy atom. The van der Waals surface area contributed by atoms with E-state index in [1.807, 2.05) is 23.6 Å². The third-order valence-corrected chi connectivity index (χ3v) is 3.55. The van der Waals surface area contributed by atoms with Gasteiger partial charge in [-0.1, -0.05) is 30.3 Å². The number of benzene rings is 1. The molecule has 0 radical (unpaired) electrons. The van der Waals surface area contributed by atoms with Crippen molar-refractivity contribution in [2.75, 3.05) is 0 Å². The molecule has 0 fully saturated rings. The zero-order valence-electron chi connectivity index (χ0n) is 6.90. The maximum absolute atomic E-state index is 9.89. The van der Waals surface area contributed by atoms with Gasteiger partial charge in [-0.15, -0.1) is 11.8 Å². The van der Waals surface area contributed by atoms with Crippen molar-refractivity contribution in [3.63, 3.8) is 0 Å². The second kappa shape index (κ2) is 2.42. The lowest BCUT2D eigenvalue weighted by molar-refractivity contribution is 0.495. The average Bonchev–Trinajstić information content (AvgIpc) is 2.72. The van der Waals surface area contributed by atoms with Gasteiger partial charge >= 0.3 is 0 Å². The fraction of sp³-hybridized carbons (Fsp3) is 0.0909. The van der Waals surface area contributed by atoms with E-state index in [-0.39, 0.29) is 5.25 Å². The Bertz CT molecular complexity index is 513. The van der Waals surface area contributed by atoms with E-state index in [1.54, 1.807) is 11.8 Å². The normalized spacial score (nSPS) is 23.5. The van der Waals surface area contributed by atoms with Crippen LogP contribution >= 0.6 is 11.8 Å². The van der Waals surface area contributed by atoms with Gasteiger partial charge in [0, 0.05) is 5.22 Å². The SMILES string of the molecule is OC1=c2ccccc2=C2C=CSC12. The summed E-state index contributed by atoms with van der Waals surface area (Å²) in [6, 6.07) is 8.02. The Kier molecular flexibility index (Phi) is 1.35. The predicted octanol–water partition coefficient (Wildman–Crippen LogP) is 1.15. The molecule has 1 unspecified atom stereocenters. The molecule has 1 aromatic rings. The summed E-state index contributed by atoms with van der Waals surface area (Å²) >= 11 is 1.67. The van der Waals surface area contributed by atoms with Gasteiger partial charge < -0.3 is 5.11 Å². The highest BCUT2D eigenvalue weighted by Gasteiger charge is 2.26. The summed E-state index contributed by atoms with van der Waals surface area (Å²) in [5, 5.41) is 14.3. The maximum Gasteiger partial charge on any atom is 0.118 e. The number of fused-ring (bicyclic) bond motifs is 2. The second-order valence-electron chi connectivity index (χ2n) is 3.21. The van der Waals surface area contributed by atoms with Gasteiger partial charge in [0.25, 0.3) is 0 Å². The van der Waals surface area contributed by atoms with Crippen LogP contribution in [-0.4, -0.2) is 10.4 Å². The molecule has 1 atom stereocenters. The van der Waals surface area contributed by atoms with Crippen molar-refractivity contribution in [2.24, 2.45) is 0 Å². The summed E-state index contributed by atoms with van der Waals surface area (Å²) in [5.74, 6) is 0.514. The highest BCUT2D eigenvalue weighted by molar-refractivity contribution is 8.04. The zero-order valence-corrected chi connectivity index (χ0v) is 7.71. The van der Waals surface area contributed by atoms with E-state index in [4.69, 9.17) is 0 Å². The van der Waals surface area contributed by atoms with E-state index < -0.39 is 0 Å². The molecule has 2 heteroatoms. The third-order valence-electron chi connectivity index (χ3n) is 2.51. The minimum absolute atomic E-state index is 0.164. The van der Waals surface area contributed by atoms with Crippen molar-refractivity contribution in [3.8, 4) is 0 Å². The Labute approximate surface area is 80.1 Å². The fourth-order valence-corrected chi connectivity index (χ4v) is 2.88. The second-order valence-corrected chi connectivity index (χ2v) is 4.22. The van der Waals surface area contributed by atoms with Crippen molar-refractivity contribution in [1.29, 1.82) is 0 Å². The summed E-state index contributed by atoms with van der Waals surface area (Å²) in [5.41, 5.74) is 1.25. The van der Waals surface area contributed by atoms with E-state index in [9.17, 15) is 5.11 Å². The van der Waals surface area contributed by atoms with E-state index >= 15 is 0 Å². The van der Waals surface area contributed by atoms with Gasteiger partial charge in [0.2, 0.25) is 0 Å². The first-order valence-corrected chi connectivity index (χ1v) is 5.16. The first-order valence-electron chi connectivity index (χ1n) is 4.22. The van der Waals surface area contributed by atoms with Crippen LogP contribution in [0.5, 0.6) is 0 Å². The molecule has 1 N–H and O–H groups in total. The molecule has 0 saturated heterocycles. The number of hydrogen-bond donors (Lipinski definition) is 1. The molecule has 1 aliphatic carbocycles. The van der Waals surface area contributed by atoms with Crippen molar-refractivity contribution in [1.82, 2.24) is 0 Å². The standard InChI is InChI=1S/C11H8OS/c12-10-8-4-2-1-3-7(8)9-5-6-13-11(9)10/h1-6,11-12H. The van der Waals surface area contributed by atoms with Gasteiger partial charge in [-0.3, -0.25) is 0 Å². The van der Waals surface area contributed by atoms with Crippen LogP contribution in [0.15, 0.2) is 35.7 Å². The van der Waals surface area contributed by atoms with Gasteiger partial charge in [0.05, 0.1) is 5.25 Å². The number of aliphatic hydroxyl groups is 1. The van der Waals surface area contributed by atoms with E-state index in [0.29, 0.717) is 5.76 Å². The lowest BCUT2D eigenvalue weighted by Gasteiger charge is -2.03. The topological polar surface area (TPSA) is 20.2 Å². The van der Waals surface area contributed by atoms with Crippen molar-refractivity contribution >= 4 is 23.1 Å². The molecule has 13 heavy (non-hydrogen) atoms. The van der Waals surface area contributed by atoms with Crippen molar-refractivity contribution < 1.29 is 5.11 Å². The van der Waals surface area contributed by atoms with Crippen LogP contribution in [0.4, 0.5) is 0 Å². The van der Waals surface area contributed by atoms with Gasteiger partial charge in [-0.2, -0.15) is 0 Å². The summed E-state index contributed by atoms with van der Waals surface area (Å²) in [6.07, 6.45) is 2.09. The maximum atomic E-state index is 9.89. The fourth-order valence-electron chi connectivity index (χ4n) is 1.89. The molecule has 1 nitrogen and oxygen atoms in total. The van der Waals surface area contributed by atoms with Crippen LogP contribution < -0.4 is 10.4 Å². The molecule has 1 heterocycles. The van der Waals surface area contributed by atoms with Crippen LogP contribution in [0.3, 0.4) is 0 Å². The minimum Gasteiger partial charge on any atom is -0.510 e. The molecule has 0 bridgehead atoms. The summed E-state index contributed by atoms with van der Waals surface area (Å²) in [4.78, 5) is 0. The van der Waals surface area contributed by atoms with Gasteiger partial charge in [-0.25, -0.2) is 0 Å². The molecule has 3 rings (SSSR count). The molecule has 0 saturated carbocycles. The smallest absolute Gasteiger partial charge is 0.118 e. The number of hydrogen-bond acceptors (Lipinski definition) is 2. The Morgan fingerprint density at radius 2 is 1.92 bits per heavy atom. The van der Waals surface area contributed by atoms with Crippen LogP contribution in [-0.2, 0) is 0 Å². The molecule has 2 aliphatic rings. The van der Waals surface area contributed by atoms with Crippen molar-refractivity contribution in [2.45, 2.75) is 5.25 Å². The molecule has 64 valence electrons. The number of aliphatic hydroxyl groups excluding tert-OH is 1. The highest BCUT2D eigenvalue weighted by Crippen LogP contribution is 2.35. The summed E-state index contributed by atoms with van der Waals surface area (Å²) < 4.78 is 0. The predicted molar refractivity (Wildman–Crippen MR) is 55.7 cm³/mol. The first-order chi connectivity index (χ1) is 6.38. The van der Waals surface area contributed by atoms with Crippen LogP contribution in [0.1, 0.15) is 0 Å². The average molecular weight is 188 g/mol. The number of thioether (sulfide) groups is 1. The third kappa shape index (κ3) is 0.838. The van der Waals surface area contributed by atoms with Crippen molar-refractivity contribution in [3.05, 3.63) is 46.2 Å². The summed E-state index contributed by atoms with van der Waals surface area (Å²) in [6.45, 7) is 0. The molecule has 0 spiro atoms. The molecular formula is C11H8OS. The van der Waals surface area contributed by atoms with E-state index in [2.05, 4.69) is 12.1 Å². The molecule has 0 amide bonds. The summed E-state index contributed by atoms with van der Waals surface area (Å²) in [7, 11) is 0. The Hall–Kier alpha value is -1.15. The first kappa shape index (κ1) is 7.27. The Morgan fingerprint density at radius 1 is 1.15 bits per heavy atom. The number of rotatable bonds is 0. The van der Waals surface area contributed by atoms with Crippen LogP contribution in [0.2, 0.25) is 0 Å².